The summed E-state index contributed by atoms with van der Waals surface area (Å²) in [5.41, 5.74) is 0.912. The van der Waals surface area contributed by atoms with Crippen molar-refractivity contribution in [3.05, 3.63) is 54.4 Å². The van der Waals surface area contributed by atoms with Crippen LogP contribution in [0.4, 0.5) is 10.5 Å². The quantitative estimate of drug-likeness (QED) is 0.548. The minimum absolute atomic E-state index is 0.0553. The molecule has 0 spiro atoms. The Morgan fingerprint density at radius 3 is 2.52 bits per heavy atom. The van der Waals surface area contributed by atoms with Gasteiger partial charge in [-0.05, 0) is 31.5 Å². The average molecular weight is 448 g/mol. The second-order valence-corrected chi connectivity index (χ2v) is 7.78. The van der Waals surface area contributed by atoms with Crippen LogP contribution in [0.3, 0.4) is 0 Å². The molecule has 0 aliphatic rings. The van der Waals surface area contributed by atoms with Crippen molar-refractivity contribution in [3.8, 4) is 0 Å². The topological polar surface area (TPSA) is 119 Å². The third-order valence-electron chi connectivity index (χ3n) is 4.15. The van der Waals surface area contributed by atoms with Crippen LogP contribution in [0.2, 0.25) is 0 Å². The highest BCUT2D eigenvalue weighted by Gasteiger charge is 2.25. The van der Waals surface area contributed by atoms with Crippen molar-refractivity contribution in [3.63, 3.8) is 0 Å². The maximum atomic E-state index is 12.7. The second-order valence-electron chi connectivity index (χ2n) is 6.53. The summed E-state index contributed by atoms with van der Waals surface area (Å²) < 4.78 is 10.1. The van der Waals surface area contributed by atoms with E-state index in [0.29, 0.717) is 5.69 Å². The summed E-state index contributed by atoms with van der Waals surface area (Å²) in [6.45, 7) is 1.62. The number of nitrogens with zero attached hydrogens (tertiary/aromatic N) is 3. The first-order chi connectivity index (χ1) is 14.9. The SMILES string of the molecule is CCOC(=O)CC(C[C@@H](O)COC(=O)c1ccnnc1)SC(=O)N(C)c1ccccc1. The Morgan fingerprint density at radius 2 is 1.87 bits per heavy atom. The van der Waals surface area contributed by atoms with Crippen LogP contribution in [-0.4, -0.2) is 64.1 Å². The molecule has 1 N–H and O–H groups in total. The van der Waals surface area contributed by atoms with Crippen molar-refractivity contribution in [2.45, 2.75) is 31.1 Å². The number of carbonyl (C=O) groups excluding carboxylic acids is 3. The van der Waals surface area contributed by atoms with E-state index in [1.807, 2.05) is 18.2 Å². The molecule has 1 heterocycles. The Balaban J connectivity index is 1.95. The molecular weight excluding hydrogens is 422 g/mol. The van der Waals surface area contributed by atoms with Crippen LogP contribution in [0.1, 0.15) is 30.1 Å². The van der Waals surface area contributed by atoms with Crippen molar-refractivity contribution >= 4 is 34.6 Å². The first-order valence-corrected chi connectivity index (χ1v) is 10.6. The molecule has 2 rings (SSSR count). The number of benzene rings is 1. The van der Waals surface area contributed by atoms with Gasteiger partial charge in [0.25, 0.3) is 5.24 Å². The van der Waals surface area contributed by atoms with Gasteiger partial charge in [0.1, 0.15) is 6.61 Å². The lowest BCUT2D eigenvalue weighted by Crippen LogP contribution is -2.29. The largest absolute Gasteiger partial charge is 0.466 e. The minimum atomic E-state index is -1.07. The fourth-order valence-electron chi connectivity index (χ4n) is 2.60. The summed E-state index contributed by atoms with van der Waals surface area (Å²) in [7, 11) is 1.63. The van der Waals surface area contributed by atoms with E-state index >= 15 is 0 Å². The van der Waals surface area contributed by atoms with Crippen LogP contribution in [-0.2, 0) is 14.3 Å². The summed E-state index contributed by atoms with van der Waals surface area (Å²) in [6, 6.07) is 10.5. The Hall–Kier alpha value is -2.98. The van der Waals surface area contributed by atoms with Crippen LogP contribution < -0.4 is 4.90 Å². The molecule has 0 aliphatic carbocycles. The van der Waals surface area contributed by atoms with Gasteiger partial charge < -0.3 is 19.5 Å². The lowest BCUT2D eigenvalue weighted by atomic mass is 10.1. The predicted molar refractivity (Wildman–Crippen MR) is 116 cm³/mol. The van der Waals surface area contributed by atoms with Crippen molar-refractivity contribution in [2.75, 3.05) is 25.2 Å². The summed E-state index contributed by atoms with van der Waals surface area (Å²) in [4.78, 5) is 38.1. The molecule has 0 saturated carbocycles. The van der Waals surface area contributed by atoms with Crippen molar-refractivity contribution in [1.82, 2.24) is 10.2 Å². The third kappa shape index (κ3) is 8.35. The molecule has 1 amide bonds. The number of ether oxygens (including phenoxy) is 2. The molecule has 0 saturated heterocycles. The normalized spacial score (nSPS) is 12.5. The van der Waals surface area contributed by atoms with Gasteiger partial charge in [-0.15, -0.1) is 0 Å². The number of aliphatic hydroxyl groups excluding tert-OH is 1. The molecule has 0 bridgehead atoms. The standard InChI is InChI=1S/C21H25N3O6S/c1-3-29-19(26)12-18(31-21(28)24(2)16-7-5-4-6-8-16)11-17(25)14-30-20(27)15-9-10-22-23-13-15/h4-10,13,17-18,25H,3,11-12,14H2,1-2H3/t17-,18?/m1/s1. The Kier molecular flexibility index (Phi) is 9.92. The number of para-hydroxylation sites is 1. The number of aromatic nitrogens is 2. The fraction of sp³-hybridized carbons (Fsp3) is 0.381. The lowest BCUT2D eigenvalue weighted by Gasteiger charge is -2.22. The van der Waals surface area contributed by atoms with E-state index in [0.717, 1.165) is 11.8 Å². The summed E-state index contributed by atoms with van der Waals surface area (Å²) in [6.07, 6.45) is 1.53. The zero-order valence-electron chi connectivity index (χ0n) is 17.3. The highest BCUT2D eigenvalue weighted by Crippen LogP contribution is 2.26. The van der Waals surface area contributed by atoms with Gasteiger partial charge >= 0.3 is 11.9 Å². The number of thioether (sulfide) groups is 1. The van der Waals surface area contributed by atoms with Crippen LogP contribution in [0.5, 0.6) is 0 Å². The highest BCUT2D eigenvalue weighted by molar-refractivity contribution is 8.14. The summed E-state index contributed by atoms with van der Waals surface area (Å²) >= 11 is 0.928. The molecule has 166 valence electrons. The minimum Gasteiger partial charge on any atom is -0.466 e. The van der Waals surface area contributed by atoms with E-state index in [9.17, 15) is 19.5 Å². The second kappa shape index (κ2) is 12.7. The van der Waals surface area contributed by atoms with E-state index in [1.54, 1.807) is 26.1 Å². The zero-order chi connectivity index (χ0) is 22.6. The van der Waals surface area contributed by atoms with Gasteiger partial charge in [-0.2, -0.15) is 10.2 Å². The lowest BCUT2D eigenvalue weighted by molar-refractivity contribution is -0.143. The number of carbonyl (C=O) groups is 3. The number of aliphatic hydroxyl groups is 1. The van der Waals surface area contributed by atoms with Gasteiger partial charge in [0.15, 0.2) is 0 Å². The third-order valence-corrected chi connectivity index (χ3v) is 5.31. The van der Waals surface area contributed by atoms with E-state index in [1.165, 1.54) is 23.4 Å². The molecule has 1 unspecified atom stereocenters. The molecule has 2 aromatic rings. The van der Waals surface area contributed by atoms with Gasteiger partial charge in [0, 0.05) is 18.0 Å². The van der Waals surface area contributed by atoms with Gasteiger partial charge in [0.05, 0.1) is 37.1 Å². The number of hydrogen-bond acceptors (Lipinski definition) is 9. The van der Waals surface area contributed by atoms with Crippen LogP contribution in [0.25, 0.3) is 0 Å². The average Bonchev–Trinajstić information content (AvgIpc) is 2.78. The molecular formula is C21H25N3O6S. The first-order valence-electron chi connectivity index (χ1n) is 9.67. The fourth-order valence-corrected chi connectivity index (χ4v) is 3.68. The predicted octanol–water partition coefficient (Wildman–Crippen LogP) is 2.70. The molecule has 10 heteroatoms. The van der Waals surface area contributed by atoms with Crippen molar-refractivity contribution in [1.29, 1.82) is 0 Å². The Labute approximate surface area is 184 Å². The molecule has 0 aliphatic heterocycles. The van der Waals surface area contributed by atoms with E-state index < -0.39 is 23.3 Å². The van der Waals surface area contributed by atoms with Crippen LogP contribution in [0, 0.1) is 0 Å². The molecule has 1 aromatic carbocycles. The van der Waals surface area contributed by atoms with Crippen LogP contribution >= 0.6 is 11.8 Å². The van der Waals surface area contributed by atoms with Gasteiger partial charge in [-0.3, -0.25) is 9.59 Å². The number of anilines is 1. The van der Waals surface area contributed by atoms with Crippen molar-refractivity contribution < 1.29 is 29.0 Å². The molecule has 0 fully saturated rings. The zero-order valence-corrected chi connectivity index (χ0v) is 18.2. The maximum Gasteiger partial charge on any atom is 0.339 e. The van der Waals surface area contributed by atoms with E-state index in [-0.39, 0.29) is 36.9 Å². The number of amides is 1. The van der Waals surface area contributed by atoms with Gasteiger partial charge in [0.2, 0.25) is 0 Å². The van der Waals surface area contributed by atoms with Gasteiger partial charge in [-0.25, -0.2) is 4.79 Å². The first kappa shape index (κ1) is 24.3. The summed E-state index contributed by atoms with van der Waals surface area (Å²) in [5, 5.41) is 16.7. The highest BCUT2D eigenvalue weighted by atomic mass is 32.2. The summed E-state index contributed by atoms with van der Waals surface area (Å²) in [5.74, 6) is -1.12. The van der Waals surface area contributed by atoms with E-state index in [2.05, 4.69) is 10.2 Å². The molecule has 1 aromatic heterocycles. The molecule has 2 atom stereocenters. The molecule has 31 heavy (non-hydrogen) atoms. The Morgan fingerprint density at radius 1 is 1.13 bits per heavy atom. The monoisotopic (exact) mass is 447 g/mol. The number of rotatable bonds is 10. The molecule has 9 nitrogen and oxygen atoms in total. The maximum absolute atomic E-state index is 12.7. The van der Waals surface area contributed by atoms with Gasteiger partial charge in [-0.1, -0.05) is 30.0 Å². The Bertz CT molecular complexity index is 853. The van der Waals surface area contributed by atoms with Crippen molar-refractivity contribution in [2.24, 2.45) is 0 Å². The van der Waals surface area contributed by atoms with E-state index in [4.69, 9.17) is 9.47 Å². The van der Waals surface area contributed by atoms with Crippen LogP contribution in [0.15, 0.2) is 48.8 Å². The number of esters is 2. The molecule has 0 radical (unpaired) electrons. The smallest absolute Gasteiger partial charge is 0.339 e. The number of hydrogen-bond donors (Lipinski definition) is 1.